The number of carbonyl (C=O) groups excluding carboxylic acids is 3. The molecular weight excluding hydrogens is 793 g/mol. The third-order valence-corrected chi connectivity index (χ3v) is 9.59. The Balaban J connectivity index is 4.63. The molecule has 1 unspecified atom stereocenters. The van der Waals surface area contributed by atoms with Gasteiger partial charge in [0.15, 0.2) is 6.10 Å². The molecule has 0 aliphatic rings. The second-order valence-electron chi connectivity index (χ2n) is 15.6. The van der Waals surface area contributed by atoms with E-state index in [2.05, 4.69) is 142 Å². The monoisotopic (exact) mass is 881 g/mol. The molecule has 1 atom stereocenters. The topological polar surface area (TPSA) is 78.9 Å². The lowest BCUT2D eigenvalue weighted by Gasteiger charge is -2.18. The molecule has 0 aromatic rings. The first-order valence-electron chi connectivity index (χ1n) is 24.8. The molecule has 0 aromatic carbocycles. The number of unbranched alkanes of at least 4 members (excludes halogenated alkanes) is 7. The molecule has 6 nitrogen and oxygen atoms in total. The van der Waals surface area contributed by atoms with E-state index in [1.165, 1.54) is 19.3 Å². The van der Waals surface area contributed by atoms with Gasteiger partial charge in [-0.2, -0.15) is 0 Å². The van der Waals surface area contributed by atoms with Crippen LogP contribution in [0.3, 0.4) is 0 Å². The molecule has 0 saturated heterocycles. The fourth-order valence-electron chi connectivity index (χ4n) is 5.91. The number of allylic oxidation sites excluding steroid dienone is 24. The third kappa shape index (κ3) is 48.3. The van der Waals surface area contributed by atoms with E-state index in [4.69, 9.17) is 14.2 Å². The molecule has 356 valence electrons. The number of carbonyl (C=O) groups is 3. The summed E-state index contributed by atoms with van der Waals surface area (Å²) < 4.78 is 16.6. The van der Waals surface area contributed by atoms with Crippen molar-refractivity contribution in [3.63, 3.8) is 0 Å². The Morgan fingerprint density at radius 2 is 0.641 bits per heavy atom. The van der Waals surface area contributed by atoms with Crippen LogP contribution in [0.15, 0.2) is 146 Å². The zero-order valence-electron chi connectivity index (χ0n) is 40.5. The lowest BCUT2D eigenvalue weighted by Crippen LogP contribution is -2.30. The molecule has 0 spiro atoms. The summed E-state index contributed by atoms with van der Waals surface area (Å²) in [6.45, 7) is 6.19. The number of esters is 3. The Kier molecular flexibility index (Phi) is 47.2. The molecule has 0 amide bonds. The van der Waals surface area contributed by atoms with Gasteiger partial charge < -0.3 is 14.2 Å². The summed E-state index contributed by atoms with van der Waals surface area (Å²) in [6, 6.07) is 0. The van der Waals surface area contributed by atoms with Crippen LogP contribution in [0.1, 0.15) is 181 Å². The highest BCUT2D eigenvalue weighted by Gasteiger charge is 2.19. The van der Waals surface area contributed by atoms with E-state index < -0.39 is 6.10 Å². The minimum absolute atomic E-state index is 0.152. The molecule has 0 bridgehead atoms. The highest BCUT2D eigenvalue weighted by atomic mass is 16.6. The second-order valence-corrected chi connectivity index (χ2v) is 15.6. The minimum Gasteiger partial charge on any atom is -0.462 e. The molecule has 0 radical (unpaired) electrons. The van der Waals surface area contributed by atoms with Gasteiger partial charge in [-0.15, -0.1) is 0 Å². The summed E-state index contributed by atoms with van der Waals surface area (Å²) >= 11 is 0. The quantitative estimate of drug-likeness (QED) is 0.0263. The number of hydrogen-bond donors (Lipinski definition) is 0. The number of ether oxygens (including phenoxy) is 3. The maximum atomic E-state index is 12.8. The molecule has 0 N–H and O–H groups in total. The van der Waals surface area contributed by atoms with Crippen molar-refractivity contribution < 1.29 is 28.6 Å². The van der Waals surface area contributed by atoms with Crippen LogP contribution in [0.25, 0.3) is 0 Å². The largest absolute Gasteiger partial charge is 0.462 e. The molecule has 0 fully saturated rings. The van der Waals surface area contributed by atoms with Crippen molar-refractivity contribution in [1.82, 2.24) is 0 Å². The van der Waals surface area contributed by atoms with Gasteiger partial charge in [0.2, 0.25) is 0 Å². The van der Waals surface area contributed by atoms with Crippen molar-refractivity contribution >= 4 is 17.9 Å². The molecule has 0 aromatic heterocycles. The third-order valence-electron chi connectivity index (χ3n) is 9.59. The van der Waals surface area contributed by atoms with Crippen molar-refractivity contribution in [3.8, 4) is 0 Å². The maximum Gasteiger partial charge on any atom is 0.306 e. The molecule has 64 heavy (non-hydrogen) atoms. The van der Waals surface area contributed by atoms with Crippen LogP contribution in [0.4, 0.5) is 0 Å². The number of hydrogen-bond acceptors (Lipinski definition) is 6. The Hall–Kier alpha value is -4.71. The Morgan fingerprint density at radius 3 is 1.02 bits per heavy atom. The summed E-state index contributed by atoms with van der Waals surface area (Å²) in [5.41, 5.74) is 0. The average molecular weight is 881 g/mol. The van der Waals surface area contributed by atoms with Gasteiger partial charge in [-0.1, -0.05) is 199 Å². The summed E-state index contributed by atoms with van der Waals surface area (Å²) in [5.74, 6) is -1.14. The van der Waals surface area contributed by atoms with E-state index in [-0.39, 0.29) is 50.4 Å². The van der Waals surface area contributed by atoms with Crippen LogP contribution < -0.4 is 0 Å². The maximum absolute atomic E-state index is 12.8. The van der Waals surface area contributed by atoms with E-state index >= 15 is 0 Å². The van der Waals surface area contributed by atoms with Gasteiger partial charge in [0, 0.05) is 19.3 Å². The van der Waals surface area contributed by atoms with Crippen molar-refractivity contribution in [2.45, 2.75) is 187 Å². The Bertz CT molecular complexity index is 1480. The molecule has 0 rings (SSSR count). The van der Waals surface area contributed by atoms with Gasteiger partial charge in [-0.05, 0) is 109 Å². The summed E-state index contributed by atoms with van der Waals surface area (Å²) in [5, 5.41) is 0. The zero-order valence-corrected chi connectivity index (χ0v) is 40.5. The average Bonchev–Trinajstić information content (AvgIpc) is 3.29. The van der Waals surface area contributed by atoms with Crippen LogP contribution in [0.2, 0.25) is 0 Å². The Labute approximate surface area is 391 Å². The summed E-state index contributed by atoms with van der Waals surface area (Å²) in [6.07, 6.45) is 72.8. The van der Waals surface area contributed by atoms with Crippen LogP contribution in [-0.2, 0) is 28.6 Å². The molecule has 6 heteroatoms. The lowest BCUT2D eigenvalue weighted by molar-refractivity contribution is -0.166. The SMILES string of the molecule is CC/C=C\C/C=C\C/C=C\C/C=C\C/C=C\C/C=C\CCC(=O)OCC(COC(=O)CC/C=C\C/C=C\C/C=C\C/C=C\CC)OC(=O)CCCCCCC/C=C\C/C=C\CCCC. The second kappa shape index (κ2) is 50.9. The normalized spacial score (nSPS) is 13.4. The van der Waals surface area contributed by atoms with E-state index in [0.717, 1.165) is 109 Å². The van der Waals surface area contributed by atoms with Crippen LogP contribution in [-0.4, -0.2) is 37.2 Å². The van der Waals surface area contributed by atoms with Gasteiger partial charge in [-0.3, -0.25) is 14.4 Å². The summed E-state index contributed by atoms with van der Waals surface area (Å²) in [4.78, 5) is 37.9. The lowest BCUT2D eigenvalue weighted by atomic mass is 10.1. The van der Waals surface area contributed by atoms with Crippen molar-refractivity contribution in [2.75, 3.05) is 13.2 Å². The van der Waals surface area contributed by atoms with Crippen molar-refractivity contribution in [1.29, 1.82) is 0 Å². The van der Waals surface area contributed by atoms with Crippen LogP contribution >= 0.6 is 0 Å². The molecule has 0 aliphatic carbocycles. The molecule has 0 aliphatic heterocycles. The van der Waals surface area contributed by atoms with Crippen LogP contribution in [0, 0.1) is 0 Å². The number of rotatable bonds is 42. The first kappa shape index (κ1) is 59.3. The van der Waals surface area contributed by atoms with E-state index in [1.54, 1.807) is 0 Å². The van der Waals surface area contributed by atoms with Crippen molar-refractivity contribution in [2.24, 2.45) is 0 Å². The highest BCUT2D eigenvalue weighted by Crippen LogP contribution is 2.11. The molecule has 0 saturated carbocycles. The standard InChI is InChI=1S/C58H88O6/c1-4-7-10-13-16-19-22-25-27-28-29-30-31-34-36-39-42-45-48-51-57(60)63-54-55(53-62-56(59)50-47-44-41-38-35-32-24-21-18-15-12-9-6-3)64-58(61)52-49-46-43-40-37-33-26-23-20-17-14-11-8-5-2/h7,9-10,12,14,16-19,21,23,25-27,29-30,32,34-36,41-42,44-45,55H,4-6,8,11,13,15,20,22,24,28,31,33,37-40,43,46-54H2,1-3H3/b10-7-,12-9-,17-14-,19-16-,21-18-,26-23-,27-25-,30-29-,35-32-,36-34-,44-41-,45-42-. The Morgan fingerprint density at radius 1 is 0.328 bits per heavy atom. The fraction of sp³-hybridized carbons (Fsp3) is 0.534. The summed E-state index contributed by atoms with van der Waals surface area (Å²) in [7, 11) is 0. The minimum atomic E-state index is -0.850. The van der Waals surface area contributed by atoms with Crippen LogP contribution in [0.5, 0.6) is 0 Å². The first-order chi connectivity index (χ1) is 31.5. The van der Waals surface area contributed by atoms with Gasteiger partial charge in [0.25, 0.3) is 0 Å². The fourth-order valence-corrected chi connectivity index (χ4v) is 5.91. The van der Waals surface area contributed by atoms with Gasteiger partial charge in [-0.25, -0.2) is 0 Å². The van der Waals surface area contributed by atoms with Crippen molar-refractivity contribution in [3.05, 3.63) is 146 Å². The predicted octanol–water partition coefficient (Wildman–Crippen LogP) is 16.5. The van der Waals surface area contributed by atoms with E-state index in [9.17, 15) is 14.4 Å². The van der Waals surface area contributed by atoms with E-state index in [1.807, 2.05) is 24.3 Å². The molecular formula is C58H88O6. The highest BCUT2D eigenvalue weighted by molar-refractivity contribution is 5.71. The smallest absolute Gasteiger partial charge is 0.306 e. The van der Waals surface area contributed by atoms with Gasteiger partial charge in [0.05, 0.1) is 0 Å². The zero-order chi connectivity index (χ0) is 46.5. The molecule has 0 heterocycles. The predicted molar refractivity (Wildman–Crippen MR) is 274 cm³/mol. The van der Waals surface area contributed by atoms with Gasteiger partial charge in [0.1, 0.15) is 13.2 Å². The van der Waals surface area contributed by atoms with E-state index in [0.29, 0.717) is 12.8 Å². The van der Waals surface area contributed by atoms with Gasteiger partial charge >= 0.3 is 17.9 Å². The first-order valence-corrected chi connectivity index (χ1v) is 24.8.